The highest BCUT2D eigenvalue weighted by atomic mass is 16.5. The van der Waals surface area contributed by atoms with Crippen LogP contribution in [0.25, 0.3) is 21.9 Å². The molecular formula is C37H44O2. The van der Waals surface area contributed by atoms with E-state index >= 15 is 0 Å². The molecule has 9 rings (SSSR count). The number of rotatable bonds is 2. The predicted octanol–water partition coefficient (Wildman–Crippen LogP) is 9.52. The highest BCUT2D eigenvalue weighted by Crippen LogP contribution is 2.68. The molecule has 4 bridgehead atoms. The zero-order valence-electron chi connectivity index (χ0n) is 24.5. The molecule has 0 saturated heterocycles. The summed E-state index contributed by atoms with van der Waals surface area (Å²) >= 11 is 0. The van der Waals surface area contributed by atoms with Gasteiger partial charge in [0.2, 0.25) is 0 Å². The Morgan fingerprint density at radius 3 is 1.92 bits per heavy atom. The predicted molar refractivity (Wildman–Crippen MR) is 160 cm³/mol. The summed E-state index contributed by atoms with van der Waals surface area (Å²) in [5, 5.41) is 13.7. The summed E-state index contributed by atoms with van der Waals surface area (Å²) in [5.74, 6) is 3.94. The Morgan fingerprint density at radius 2 is 1.31 bits per heavy atom. The average Bonchev–Trinajstić information content (AvgIpc) is 3.09. The average molecular weight is 521 g/mol. The molecule has 0 atom stereocenters. The highest BCUT2D eigenvalue weighted by Gasteiger charge is 2.57. The van der Waals surface area contributed by atoms with Gasteiger partial charge in [-0.05, 0) is 149 Å². The van der Waals surface area contributed by atoms with Crippen LogP contribution in [0.15, 0.2) is 42.5 Å². The van der Waals surface area contributed by atoms with Crippen molar-refractivity contribution < 1.29 is 9.84 Å². The van der Waals surface area contributed by atoms with Crippen molar-refractivity contribution in [2.24, 2.45) is 28.6 Å². The highest BCUT2D eigenvalue weighted by molar-refractivity contribution is 6.06. The molecule has 5 fully saturated rings. The number of ether oxygens (including phenoxy) is 1. The van der Waals surface area contributed by atoms with Crippen LogP contribution in [0.5, 0.6) is 11.5 Å². The lowest BCUT2D eigenvalue weighted by Crippen LogP contribution is -2.48. The van der Waals surface area contributed by atoms with E-state index in [1.807, 2.05) is 6.07 Å². The number of fused-ring (bicyclic) bond motifs is 7. The maximum atomic E-state index is 11.6. The summed E-state index contributed by atoms with van der Waals surface area (Å²) in [6, 6.07) is 15.9. The minimum absolute atomic E-state index is 0.0696. The normalized spacial score (nSPS) is 32.4. The van der Waals surface area contributed by atoms with E-state index in [1.54, 1.807) is 18.2 Å². The van der Waals surface area contributed by atoms with Crippen LogP contribution in [0.2, 0.25) is 0 Å². The Bertz CT molecular complexity index is 1470. The van der Waals surface area contributed by atoms with Crippen LogP contribution in [-0.4, -0.2) is 12.2 Å². The van der Waals surface area contributed by atoms with Gasteiger partial charge in [0.1, 0.15) is 11.5 Å². The van der Waals surface area contributed by atoms with E-state index in [0.717, 1.165) is 41.7 Å². The van der Waals surface area contributed by atoms with Crippen molar-refractivity contribution in [1.82, 2.24) is 0 Å². The molecule has 3 aromatic rings. The fraction of sp³-hybridized carbons (Fsp3) is 0.568. The van der Waals surface area contributed by atoms with E-state index in [1.165, 1.54) is 67.0 Å². The Kier molecular flexibility index (Phi) is 4.75. The third-order valence-corrected chi connectivity index (χ3v) is 11.8. The molecule has 0 unspecified atom stereocenters. The summed E-state index contributed by atoms with van der Waals surface area (Å²) in [4.78, 5) is 0. The van der Waals surface area contributed by atoms with Crippen LogP contribution in [0, 0.1) is 28.6 Å². The Hall–Kier alpha value is -2.48. The van der Waals surface area contributed by atoms with Crippen LogP contribution in [0.3, 0.4) is 0 Å². The Balaban J connectivity index is 1.46. The number of hydrogen-bond acceptors (Lipinski definition) is 2. The summed E-state index contributed by atoms with van der Waals surface area (Å²) in [6.45, 7) is 9.90. The summed E-state index contributed by atoms with van der Waals surface area (Å²) < 4.78 is 5.61. The molecule has 2 nitrogen and oxygen atoms in total. The van der Waals surface area contributed by atoms with Crippen LogP contribution >= 0.6 is 0 Å². The number of phenolic OH excluding ortho intramolecular Hbond substituents is 1. The van der Waals surface area contributed by atoms with Gasteiger partial charge in [-0.3, -0.25) is 0 Å². The van der Waals surface area contributed by atoms with Crippen molar-refractivity contribution in [3.63, 3.8) is 0 Å². The number of hydrogen-bond donors (Lipinski definition) is 1. The number of benzene rings is 3. The maximum Gasteiger partial charge on any atom is 0.123 e. The van der Waals surface area contributed by atoms with Crippen molar-refractivity contribution >= 4 is 10.8 Å². The van der Waals surface area contributed by atoms with E-state index in [-0.39, 0.29) is 16.2 Å². The molecule has 1 N–H and O–H groups in total. The summed E-state index contributed by atoms with van der Waals surface area (Å²) in [7, 11) is 1.72. The monoisotopic (exact) mass is 520 g/mol. The smallest absolute Gasteiger partial charge is 0.123 e. The second-order valence-electron chi connectivity index (χ2n) is 16.1. The Morgan fingerprint density at radius 1 is 0.692 bits per heavy atom. The molecule has 0 heterocycles. The largest absolute Gasteiger partial charge is 0.507 e. The first-order chi connectivity index (χ1) is 18.5. The van der Waals surface area contributed by atoms with Gasteiger partial charge in [-0.15, -0.1) is 0 Å². The van der Waals surface area contributed by atoms with Gasteiger partial charge in [0, 0.05) is 10.8 Å². The van der Waals surface area contributed by atoms with E-state index in [9.17, 15) is 5.11 Å². The van der Waals surface area contributed by atoms with Crippen LogP contribution in [0.1, 0.15) is 102 Å². The lowest BCUT2D eigenvalue weighted by molar-refractivity contribution is -0.00497. The molecule has 2 heteroatoms. The van der Waals surface area contributed by atoms with Crippen molar-refractivity contribution in [2.75, 3.05) is 7.11 Å². The maximum absolute atomic E-state index is 11.6. The SMILES string of the molecule is COc1ccc2c3c(cc(O)c2c1)C1(CC(C)(C)CC(C)(C)C1)c1cccc(C24CC5CC(CC(C5)C2)C4)c1-3. The molecule has 1 spiro atoms. The van der Waals surface area contributed by atoms with Crippen molar-refractivity contribution in [3.05, 3.63) is 59.2 Å². The molecule has 0 radical (unpaired) electrons. The number of phenols is 1. The van der Waals surface area contributed by atoms with Gasteiger partial charge >= 0.3 is 0 Å². The second-order valence-corrected chi connectivity index (χ2v) is 16.1. The van der Waals surface area contributed by atoms with Crippen molar-refractivity contribution in [2.45, 2.75) is 96.3 Å². The molecular weight excluding hydrogens is 476 g/mol. The van der Waals surface area contributed by atoms with Crippen molar-refractivity contribution in [1.29, 1.82) is 0 Å². The molecule has 5 saturated carbocycles. The molecule has 0 aromatic heterocycles. The first-order valence-corrected chi connectivity index (χ1v) is 15.5. The van der Waals surface area contributed by atoms with E-state index < -0.39 is 0 Å². The third kappa shape index (κ3) is 3.33. The molecule has 0 amide bonds. The fourth-order valence-electron chi connectivity index (χ4n) is 11.9. The minimum Gasteiger partial charge on any atom is -0.507 e. The van der Waals surface area contributed by atoms with Gasteiger partial charge in [0.15, 0.2) is 0 Å². The second kappa shape index (κ2) is 7.62. The van der Waals surface area contributed by atoms with Gasteiger partial charge in [-0.25, -0.2) is 0 Å². The first kappa shape index (κ1) is 24.3. The van der Waals surface area contributed by atoms with E-state index in [2.05, 4.69) is 64.1 Å². The van der Waals surface area contributed by atoms with Gasteiger partial charge in [0.25, 0.3) is 0 Å². The van der Waals surface area contributed by atoms with Gasteiger partial charge < -0.3 is 9.84 Å². The summed E-state index contributed by atoms with van der Waals surface area (Å²) in [5.41, 5.74) is 8.22. The number of aromatic hydroxyl groups is 1. The molecule has 6 aliphatic rings. The van der Waals surface area contributed by atoms with E-state index in [0.29, 0.717) is 11.2 Å². The quantitative estimate of drug-likeness (QED) is 0.364. The van der Waals surface area contributed by atoms with Crippen LogP contribution in [0.4, 0.5) is 0 Å². The van der Waals surface area contributed by atoms with Gasteiger partial charge in [-0.1, -0.05) is 45.9 Å². The first-order valence-electron chi connectivity index (χ1n) is 15.5. The van der Waals surface area contributed by atoms with Crippen molar-refractivity contribution in [3.8, 4) is 22.6 Å². The molecule has 6 aliphatic carbocycles. The van der Waals surface area contributed by atoms with Gasteiger partial charge in [0.05, 0.1) is 7.11 Å². The number of methoxy groups -OCH3 is 1. The minimum atomic E-state index is -0.0696. The lowest BCUT2D eigenvalue weighted by Gasteiger charge is -2.57. The van der Waals surface area contributed by atoms with Crippen LogP contribution in [-0.2, 0) is 10.8 Å². The molecule has 39 heavy (non-hydrogen) atoms. The zero-order chi connectivity index (χ0) is 26.9. The lowest BCUT2D eigenvalue weighted by atomic mass is 9.47. The van der Waals surface area contributed by atoms with Crippen LogP contribution < -0.4 is 4.74 Å². The molecule has 204 valence electrons. The standard InChI is InChI=1S/C37H44O2/c1-34(2)19-35(3,4)21-37(20-34)29-8-6-7-28(36-16-22-11-23(17-36)13-24(12-22)18-36)33(29)32-26-10-9-25(39-5)14-27(26)31(38)15-30(32)37/h6-10,14-15,22-24,38H,11-13,16-21H2,1-5H3. The summed E-state index contributed by atoms with van der Waals surface area (Å²) in [6.07, 6.45) is 12.0. The van der Waals surface area contributed by atoms with E-state index in [4.69, 9.17) is 4.74 Å². The Labute approximate surface area is 234 Å². The molecule has 3 aromatic carbocycles. The molecule has 0 aliphatic heterocycles. The topological polar surface area (TPSA) is 29.5 Å². The zero-order valence-corrected chi connectivity index (χ0v) is 24.5. The fourth-order valence-corrected chi connectivity index (χ4v) is 11.9. The van der Waals surface area contributed by atoms with Gasteiger partial charge in [-0.2, -0.15) is 0 Å². The third-order valence-electron chi connectivity index (χ3n) is 11.8.